The Labute approximate surface area is 115 Å². The lowest BCUT2D eigenvalue weighted by Gasteiger charge is -2.10. The monoisotopic (exact) mass is 268 g/mol. The molecule has 2 N–H and O–H groups in total. The Morgan fingerprint density at radius 3 is 2.89 bits per heavy atom. The SMILES string of the molecule is Cc1ccccc1CC(=O)NCC1CCNC1.Cl. The molecular formula is C14H21ClN2O. The van der Waals surface area contributed by atoms with Gasteiger partial charge in [0.15, 0.2) is 0 Å². The molecule has 3 nitrogen and oxygen atoms in total. The van der Waals surface area contributed by atoms with Gasteiger partial charge in [0.05, 0.1) is 6.42 Å². The summed E-state index contributed by atoms with van der Waals surface area (Å²) in [7, 11) is 0. The van der Waals surface area contributed by atoms with Gasteiger partial charge in [0.1, 0.15) is 0 Å². The highest BCUT2D eigenvalue weighted by molar-refractivity contribution is 5.85. The van der Waals surface area contributed by atoms with Crippen LogP contribution in [0.15, 0.2) is 24.3 Å². The quantitative estimate of drug-likeness (QED) is 0.873. The molecule has 0 aromatic heterocycles. The summed E-state index contributed by atoms with van der Waals surface area (Å²) < 4.78 is 0. The average molecular weight is 269 g/mol. The molecule has 0 spiro atoms. The number of carbonyl (C=O) groups excluding carboxylic acids is 1. The van der Waals surface area contributed by atoms with Crippen LogP contribution in [0.1, 0.15) is 17.5 Å². The summed E-state index contributed by atoms with van der Waals surface area (Å²) in [4.78, 5) is 11.8. The van der Waals surface area contributed by atoms with Crippen LogP contribution in [-0.2, 0) is 11.2 Å². The Bertz CT molecular complexity index is 389. The second-order valence-electron chi connectivity index (χ2n) is 4.77. The third kappa shape index (κ3) is 4.31. The molecule has 1 fully saturated rings. The van der Waals surface area contributed by atoms with Crippen molar-refractivity contribution < 1.29 is 4.79 Å². The van der Waals surface area contributed by atoms with E-state index >= 15 is 0 Å². The topological polar surface area (TPSA) is 41.1 Å². The van der Waals surface area contributed by atoms with Gasteiger partial charge in [-0.3, -0.25) is 4.79 Å². The first-order valence-corrected chi connectivity index (χ1v) is 6.27. The highest BCUT2D eigenvalue weighted by Gasteiger charge is 2.15. The van der Waals surface area contributed by atoms with Gasteiger partial charge in [-0.25, -0.2) is 0 Å². The molecule has 1 saturated heterocycles. The molecule has 1 aliphatic rings. The van der Waals surface area contributed by atoms with Gasteiger partial charge < -0.3 is 10.6 Å². The van der Waals surface area contributed by atoms with Crippen LogP contribution in [0.25, 0.3) is 0 Å². The summed E-state index contributed by atoms with van der Waals surface area (Å²) in [5.41, 5.74) is 2.31. The standard InChI is InChI=1S/C14H20N2O.ClH/c1-11-4-2-3-5-13(11)8-14(17)16-10-12-6-7-15-9-12;/h2-5,12,15H,6-10H2,1H3,(H,16,17);1H. The van der Waals surface area contributed by atoms with E-state index in [1.54, 1.807) is 0 Å². The molecule has 1 atom stereocenters. The number of hydrogen-bond acceptors (Lipinski definition) is 2. The first kappa shape index (κ1) is 15.0. The van der Waals surface area contributed by atoms with Crippen molar-refractivity contribution in [2.45, 2.75) is 19.8 Å². The number of amides is 1. The van der Waals surface area contributed by atoms with Crippen LogP contribution in [0.3, 0.4) is 0 Å². The van der Waals surface area contributed by atoms with Crippen molar-refractivity contribution in [2.24, 2.45) is 5.92 Å². The number of aryl methyl sites for hydroxylation is 1. The van der Waals surface area contributed by atoms with Crippen LogP contribution in [0.2, 0.25) is 0 Å². The Kier molecular flexibility index (Phi) is 6.16. The first-order valence-electron chi connectivity index (χ1n) is 6.27. The molecule has 1 aliphatic heterocycles. The normalized spacial score (nSPS) is 18.2. The van der Waals surface area contributed by atoms with E-state index in [4.69, 9.17) is 0 Å². The molecule has 1 aromatic rings. The fourth-order valence-electron chi connectivity index (χ4n) is 2.19. The van der Waals surface area contributed by atoms with Gasteiger partial charge in [-0.05, 0) is 43.5 Å². The van der Waals surface area contributed by atoms with Gasteiger partial charge in [-0.2, -0.15) is 0 Å². The fourth-order valence-corrected chi connectivity index (χ4v) is 2.19. The molecule has 0 aliphatic carbocycles. The van der Waals surface area contributed by atoms with Crippen molar-refractivity contribution in [3.05, 3.63) is 35.4 Å². The number of rotatable bonds is 4. The molecule has 0 saturated carbocycles. The van der Waals surface area contributed by atoms with E-state index in [9.17, 15) is 4.79 Å². The largest absolute Gasteiger partial charge is 0.355 e. The fraction of sp³-hybridized carbons (Fsp3) is 0.500. The number of hydrogen-bond donors (Lipinski definition) is 2. The summed E-state index contributed by atoms with van der Waals surface area (Å²) in [6.45, 7) is 4.96. The van der Waals surface area contributed by atoms with Crippen LogP contribution >= 0.6 is 12.4 Å². The van der Waals surface area contributed by atoms with Crippen molar-refractivity contribution in [2.75, 3.05) is 19.6 Å². The molecule has 0 bridgehead atoms. The minimum atomic E-state index is 0. The molecule has 1 unspecified atom stereocenters. The smallest absolute Gasteiger partial charge is 0.224 e. The van der Waals surface area contributed by atoms with Crippen molar-refractivity contribution in [1.29, 1.82) is 0 Å². The van der Waals surface area contributed by atoms with Crippen LogP contribution in [0.5, 0.6) is 0 Å². The molecule has 1 amide bonds. The van der Waals surface area contributed by atoms with Crippen molar-refractivity contribution in [3.63, 3.8) is 0 Å². The van der Waals surface area contributed by atoms with Gasteiger partial charge in [0.2, 0.25) is 5.91 Å². The van der Waals surface area contributed by atoms with E-state index in [2.05, 4.69) is 10.6 Å². The van der Waals surface area contributed by atoms with E-state index in [1.807, 2.05) is 31.2 Å². The lowest BCUT2D eigenvalue weighted by molar-refractivity contribution is -0.120. The second kappa shape index (κ2) is 7.39. The molecular weight excluding hydrogens is 248 g/mol. The summed E-state index contributed by atoms with van der Waals surface area (Å²) >= 11 is 0. The molecule has 18 heavy (non-hydrogen) atoms. The van der Waals surface area contributed by atoms with E-state index in [0.717, 1.165) is 25.2 Å². The maximum absolute atomic E-state index is 11.8. The summed E-state index contributed by atoms with van der Waals surface area (Å²) in [6, 6.07) is 8.05. The molecule has 0 radical (unpaired) electrons. The van der Waals surface area contributed by atoms with E-state index in [1.165, 1.54) is 12.0 Å². The Morgan fingerprint density at radius 2 is 2.22 bits per heavy atom. The Morgan fingerprint density at radius 1 is 1.44 bits per heavy atom. The van der Waals surface area contributed by atoms with Crippen LogP contribution in [0, 0.1) is 12.8 Å². The molecule has 100 valence electrons. The highest BCUT2D eigenvalue weighted by atomic mass is 35.5. The summed E-state index contributed by atoms with van der Waals surface area (Å²) in [5, 5.41) is 6.32. The third-order valence-corrected chi connectivity index (χ3v) is 3.36. The lowest BCUT2D eigenvalue weighted by atomic mass is 10.1. The van der Waals surface area contributed by atoms with Crippen molar-refractivity contribution in [1.82, 2.24) is 10.6 Å². The number of carbonyl (C=O) groups is 1. The number of halogens is 1. The molecule has 4 heteroatoms. The van der Waals surface area contributed by atoms with E-state index < -0.39 is 0 Å². The van der Waals surface area contributed by atoms with E-state index in [0.29, 0.717) is 12.3 Å². The van der Waals surface area contributed by atoms with Gasteiger partial charge in [0, 0.05) is 6.54 Å². The van der Waals surface area contributed by atoms with Crippen molar-refractivity contribution in [3.8, 4) is 0 Å². The van der Waals surface area contributed by atoms with E-state index in [-0.39, 0.29) is 18.3 Å². The number of benzene rings is 1. The highest BCUT2D eigenvalue weighted by Crippen LogP contribution is 2.08. The predicted molar refractivity (Wildman–Crippen MR) is 76.1 cm³/mol. The summed E-state index contributed by atoms with van der Waals surface area (Å²) in [6.07, 6.45) is 1.66. The van der Waals surface area contributed by atoms with Crippen LogP contribution < -0.4 is 10.6 Å². The minimum absolute atomic E-state index is 0. The minimum Gasteiger partial charge on any atom is -0.355 e. The van der Waals surface area contributed by atoms with Gasteiger partial charge in [-0.1, -0.05) is 24.3 Å². The third-order valence-electron chi connectivity index (χ3n) is 3.36. The van der Waals surface area contributed by atoms with Crippen LogP contribution in [-0.4, -0.2) is 25.5 Å². The molecule has 2 rings (SSSR count). The zero-order valence-corrected chi connectivity index (χ0v) is 11.6. The summed E-state index contributed by atoms with van der Waals surface area (Å²) in [5.74, 6) is 0.738. The van der Waals surface area contributed by atoms with Gasteiger partial charge in [-0.15, -0.1) is 12.4 Å². The lowest BCUT2D eigenvalue weighted by Crippen LogP contribution is -2.31. The zero-order chi connectivity index (χ0) is 12.1. The van der Waals surface area contributed by atoms with Gasteiger partial charge in [0.25, 0.3) is 0 Å². The molecule has 1 heterocycles. The number of nitrogens with one attached hydrogen (secondary N) is 2. The Balaban J connectivity index is 0.00000162. The second-order valence-corrected chi connectivity index (χ2v) is 4.77. The molecule has 1 aromatic carbocycles. The average Bonchev–Trinajstić information content (AvgIpc) is 2.82. The first-order chi connectivity index (χ1) is 8.25. The predicted octanol–water partition coefficient (Wildman–Crippen LogP) is 1.69. The zero-order valence-electron chi connectivity index (χ0n) is 10.7. The van der Waals surface area contributed by atoms with Gasteiger partial charge >= 0.3 is 0 Å². The Hall–Kier alpha value is -1.06. The maximum Gasteiger partial charge on any atom is 0.224 e. The van der Waals surface area contributed by atoms with Crippen LogP contribution in [0.4, 0.5) is 0 Å². The maximum atomic E-state index is 11.8. The van der Waals surface area contributed by atoms with Crippen molar-refractivity contribution >= 4 is 18.3 Å².